The summed E-state index contributed by atoms with van der Waals surface area (Å²) in [7, 11) is 0. The summed E-state index contributed by atoms with van der Waals surface area (Å²) < 4.78 is 13.2. The van der Waals surface area contributed by atoms with Gasteiger partial charge in [0.1, 0.15) is 18.0 Å². The zero-order chi connectivity index (χ0) is 21.0. The Morgan fingerprint density at radius 2 is 1.74 bits per heavy atom. The Kier molecular flexibility index (Phi) is 5.56. The molecule has 1 saturated heterocycles. The molecule has 2 aromatic heterocycles. The molecule has 0 unspecified atom stereocenters. The van der Waals surface area contributed by atoms with Crippen LogP contribution in [0.15, 0.2) is 54.9 Å². The summed E-state index contributed by atoms with van der Waals surface area (Å²) in [6, 6.07) is 14.7. The molecule has 0 radical (unpaired) electrons. The van der Waals surface area contributed by atoms with Crippen molar-refractivity contribution in [3.05, 3.63) is 66.2 Å². The average molecular weight is 417 g/mol. The predicted octanol–water partition coefficient (Wildman–Crippen LogP) is 3.35. The molecular weight excluding hydrogens is 393 g/mol. The van der Waals surface area contributed by atoms with E-state index < -0.39 is 0 Å². The van der Waals surface area contributed by atoms with E-state index in [-0.39, 0.29) is 5.82 Å². The van der Waals surface area contributed by atoms with E-state index in [0.29, 0.717) is 11.5 Å². The van der Waals surface area contributed by atoms with Crippen LogP contribution in [0.5, 0.6) is 0 Å². The van der Waals surface area contributed by atoms with Gasteiger partial charge in [-0.05, 0) is 36.2 Å². The lowest BCUT2D eigenvalue weighted by atomic mass is 10.0. The molecule has 0 spiro atoms. The first-order valence-electron chi connectivity index (χ1n) is 10.5. The van der Waals surface area contributed by atoms with E-state index in [4.69, 9.17) is 0 Å². The van der Waals surface area contributed by atoms with E-state index in [9.17, 15) is 4.39 Å². The molecule has 0 saturated carbocycles. The standard InChI is InChI=1S/C23H24FN7/c24-18-5-7-19(8-6-18)28-22-20-21(29-30-23(20)27-15-26-22)17-3-1-16(2-4-17)9-12-31-13-10-25-11-14-31/h1-8,15,25H,9-14H2,(H2,26,27,28,29,30). The highest BCUT2D eigenvalue weighted by Gasteiger charge is 2.15. The van der Waals surface area contributed by atoms with Gasteiger partial charge in [0.25, 0.3) is 0 Å². The third-order valence-electron chi connectivity index (χ3n) is 5.63. The lowest BCUT2D eigenvalue weighted by Gasteiger charge is -2.27. The summed E-state index contributed by atoms with van der Waals surface area (Å²) in [6.45, 7) is 5.45. The van der Waals surface area contributed by atoms with Crippen LogP contribution >= 0.6 is 0 Å². The van der Waals surface area contributed by atoms with Crippen LogP contribution in [-0.2, 0) is 6.42 Å². The quantitative estimate of drug-likeness (QED) is 0.446. The van der Waals surface area contributed by atoms with E-state index in [2.05, 4.69) is 60.0 Å². The van der Waals surface area contributed by atoms with E-state index in [0.717, 1.165) is 61.5 Å². The number of aromatic nitrogens is 4. The Hall–Kier alpha value is -3.36. The van der Waals surface area contributed by atoms with E-state index >= 15 is 0 Å². The third-order valence-corrected chi connectivity index (χ3v) is 5.63. The Morgan fingerprint density at radius 3 is 2.52 bits per heavy atom. The van der Waals surface area contributed by atoms with Crippen molar-refractivity contribution >= 4 is 22.5 Å². The lowest BCUT2D eigenvalue weighted by molar-refractivity contribution is 0.244. The second kappa shape index (κ2) is 8.79. The van der Waals surface area contributed by atoms with Crippen LogP contribution in [0.3, 0.4) is 0 Å². The molecule has 3 heterocycles. The maximum absolute atomic E-state index is 13.2. The van der Waals surface area contributed by atoms with Gasteiger partial charge in [-0.1, -0.05) is 24.3 Å². The van der Waals surface area contributed by atoms with Gasteiger partial charge >= 0.3 is 0 Å². The van der Waals surface area contributed by atoms with E-state index in [1.54, 1.807) is 12.1 Å². The number of nitrogens with zero attached hydrogens (tertiary/aromatic N) is 4. The van der Waals surface area contributed by atoms with Gasteiger partial charge in [-0.15, -0.1) is 0 Å². The number of benzene rings is 2. The molecular formula is C23H24FN7. The zero-order valence-electron chi connectivity index (χ0n) is 17.1. The molecule has 0 aliphatic carbocycles. The van der Waals surface area contributed by atoms with Crippen LogP contribution in [-0.4, -0.2) is 57.8 Å². The van der Waals surface area contributed by atoms with E-state index in [1.807, 2.05) is 0 Å². The molecule has 2 aromatic carbocycles. The zero-order valence-corrected chi connectivity index (χ0v) is 17.1. The van der Waals surface area contributed by atoms with Gasteiger partial charge in [0.05, 0.1) is 11.1 Å². The molecule has 0 atom stereocenters. The summed E-state index contributed by atoms with van der Waals surface area (Å²) in [4.78, 5) is 11.2. The number of hydrogen-bond acceptors (Lipinski definition) is 6. The molecule has 0 bridgehead atoms. The lowest BCUT2D eigenvalue weighted by Crippen LogP contribution is -2.44. The normalized spacial score (nSPS) is 14.7. The van der Waals surface area contributed by atoms with Crippen LogP contribution in [0.2, 0.25) is 0 Å². The van der Waals surface area contributed by atoms with Crippen LogP contribution in [0.1, 0.15) is 5.56 Å². The van der Waals surface area contributed by atoms with Crippen LogP contribution in [0, 0.1) is 5.82 Å². The highest BCUT2D eigenvalue weighted by atomic mass is 19.1. The fourth-order valence-corrected chi connectivity index (χ4v) is 3.89. The van der Waals surface area contributed by atoms with Gasteiger partial charge in [0.15, 0.2) is 5.65 Å². The molecule has 1 aliphatic heterocycles. The Labute approximate surface area is 179 Å². The van der Waals surface area contributed by atoms with Crippen LogP contribution in [0.25, 0.3) is 22.3 Å². The minimum atomic E-state index is -0.278. The first kappa shape index (κ1) is 19.6. The van der Waals surface area contributed by atoms with Crippen molar-refractivity contribution in [1.82, 2.24) is 30.4 Å². The van der Waals surface area contributed by atoms with Crippen LogP contribution in [0.4, 0.5) is 15.9 Å². The summed E-state index contributed by atoms with van der Waals surface area (Å²) in [5, 5.41) is 14.9. The summed E-state index contributed by atoms with van der Waals surface area (Å²) in [6.07, 6.45) is 2.50. The number of hydrogen-bond donors (Lipinski definition) is 3. The SMILES string of the molecule is Fc1ccc(Nc2ncnc3n[nH]c(-c4ccc(CCN5CCNCC5)cc4)c23)cc1. The molecule has 0 amide bonds. The number of H-pyrrole nitrogens is 1. The maximum Gasteiger partial charge on any atom is 0.186 e. The van der Waals surface area contributed by atoms with Gasteiger partial charge < -0.3 is 15.5 Å². The number of fused-ring (bicyclic) bond motifs is 1. The van der Waals surface area contributed by atoms with Crippen molar-refractivity contribution < 1.29 is 4.39 Å². The first-order valence-corrected chi connectivity index (χ1v) is 10.5. The monoisotopic (exact) mass is 417 g/mol. The van der Waals surface area contributed by atoms with Gasteiger partial charge in [-0.3, -0.25) is 5.10 Å². The second-order valence-corrected chi connectivity index (χ2v) is 7.69. The number of halogens is 1. The van der Waals surface area contributed by atoms with E-state index in [1.165, 1.54) is 24.0 Å². The molecule has 7 nitrogen and oxygen atoms in total. The number of rotatable bonds is 6. The average Bonchev–Trinajstić information content (AvgIpc) is 3.26. The smallest absolute Gasteiger partial charge is 0.186 e. The summed E-state index contributed by atoms with van der Waals surface area (Å²) >= 11 is 0. The first-order chi connectivity index (χ1) is 15.3. The Morgan fingerprint density at radius 1 is 0.968 bits per heavy atom. The van der Waals surface area contributed by atoms with Crippen molar-refractivity contribution in [2.75, 3.05) is 38.0 Å². The number of aromatic amines is 1. The molecule has 158 valence electrons. The second-order valence-electron chi connectivity index (χ2n) is 7.69. The molecule has 31 heavy (non-hydrogen) atoms. The minimum Gasteiger partial charge on any atom is -0.339 e. The number of anilines is 2. The molecule has 8 heteroatoms. The largest absolute Gasteiger partial charge is 0.339 e. The van der Waals surface area contributed by atoms with Gasteiger partial charge in [0, 0.05) is 44.0 Å². The molecule has 4 aromatic rings. The number of nitrogens with one attached hydrogen (secondary N) is 3. The summed E-state index contributed by atoms with van der Waals surface area (Å²) in [5.41, 5.74) is 4.51. The topological polar surface area (TPSA) is 81.8 Å². The third kappa shape index (κ3) is 4.40. The molecule has 3 N–H and O–H groups in total. The van der Waals surface area contributed by atoms with Gasteiger partial charge in [0.2, 0.25) is 0 Å². The molecule has 1 fully saturated rings. The highest BCUT2D eigenvalue weighted by Crippen LogP contribution is 2.31. The number of piperazine rings is 1. The molecule has 1 aliphatic rings. The van der Waals surface area contributed by atoms with Crippen molar-refractivity contribution in [2.24, 2.45) is 0 Å². The predicted molar refractivity (Wildman–Crippen MR) is 120 cm³/mol. The van der Waals surface area contributed by atoms with Crippen LogP contribution < -0.4 is 10.6 Å². The Balaban J connectivity index is 1.37. The van der Waals surface area contributed by atoms with Crippen molar-refractivity contribution in [3.63, 3.8) is 0 Å². The minimum absolute atomic E-state index is 0.278. The van der Waals surface area contributed by atoms with Crippen molar-refractivity contribution in [1.29, 1.82) is 0 Å². The maximum atomic E-state index is 13.2. The van der Waals surface area contributed by atoms with Crippen molar-refractivity contribution in [2.45, 2.75) is 6.42 Å². The fourth-order valence-electron chi connectivity index (χ4n) is 3.89. The highest BCUT2D eigenvalue weighted by molar-refractivity contribution is 5.99. The van der Waals surface area contributed by atoms with Gasteiger partial charge in [-0.2, -0.15) is 5.10 Å². The van der Waals surface area contributed by atoms with Gasteiger partial charge in [-0.25, -0.2) is 14.4 Å². The fraction of sp³-hybridized carbons (Fsp3) is 0.261. The summed E-state index contributed by atoms with van der Waals surface area (Å²) in [5.74, 6) is 0.350. The van der Waals surface area contributed by atoms with Crippen molar-refractivity contribution in [3.8, 4) is 11.3 Å². The Bertz CT molecular complexity index is 1150. The molecule has 5 rings (SSSR count).